The Morgan fingerprint density at radius 3 is 2.32 bits per heavy atom. The Kier molecular flexibility index (Phi) is 8.85. The van der Waals surface area contributed by atoms with Gasteiger partial charge in [0.25, 0.3) is 0 Å². The average molecular weight is 489 g/mol. The van der Waals surface area contributed by atoms with Crippen LogP contribution >= 0.6 is 23.2 Å². The van der Waals surface area contributed by atoms with Crippen LogP contribution in [0, 0.1) is 5.92 Å². The molecule has 0 aromatic heterocycles. The van der Waals surface area contributed by atoms with Gasteiger partial charge >= 0.3 is 16.1 Å². The van der Waals surface area contributed by atoms with Gasteiger partial charge < -0.3 is 19.1 Å². The summed E-state index contributed by atoms with van der Waals surface area (Å²) in [4.78, 5) is 14.6. The molecule has 0 fully saturated rings. The summed E-state index contributed by atoms with van der Waals surface area (Å²) in [6, 6.07) is 9.47. The first-order valence-corrected chi connectivity index (χ1v) is 12.0. The Morgan fingerprint density at radius 1 is 1.13 bits per heavy atom. The lowest BCUT2D eigenvalue weighted by Gasteiger charge is -2.26. The molecule has 170 valence electrons. The molecule has 0 bridgehead atoms. The molecule has 0 aliphatic heterocycles. The molecule has 2 aromatic rings. The Bertz CT molecular complexity index is 1010. The highest BCUT2D eigenvalue weighted by Gasteiger charge is 2.20. The van der Waals surface area contributed by atoms with E-state index in [4.69, 9.17) is 32.1 Å². The Balaban J connectivity index is 2.30. The number of hydrogen-bond donors (Lipinski definition) is 1. The quantitative estimate of drug-likeness (QED) is 0.476. The van der Waals surface area contributed by atoms with Crippen molar-refractivity contribution in [2.24, 2.45) is 5.92 Å². The fraction of sp³-hybridized carbons (Fsp3) is 0.381. The second kappa shape index (κ2) is 10.9. The van der Waals surface area contributed by atoms with Crippen LogP contribution in [-0.2, 0) is 16.7 Å². The first-order chi connectivity index (χ1) is 14.6. The van der Waals surface area contributed by atoms with Gasteiger partial charge in [-0.1, -0.05) is 49.2 Å². The molecule has 1 N–H and O–H groups in total. The molecule has 7 nitrogen and oxygen atoms in total. The Labute approximate surface area is 193 Å². The maximum Gasteiger partial charge on any atom is 0.322 e. The molecule has 0 unspecified atom stereocenters. The van der Waals surface area contributed by atoms with Gasteiger partial charge in [0, 0.05) is 13.1 Å². The van der Waals surface area contributed by atoms with Gasteiger partial charge in [-0.3, -0.25) is 0 Å². The van der Waals surface area contributed by atoms with Crippen molar-refractivity contribution < 1.29 is 22.1 Å². The normalized spacial score (nSPS) is 11.3. The van der Waals surface area contributed by atoms with Crippen molar-refractivity contribution in [2.45, 2.75) is 27.3 Å². The number of methoxy groups -OCH3 is 1. The van der Waals surface area contributed by atoms with Crippen LogP contribution in [0.5, 0.6) is 11.5 Å². The van der Waals surface area contributed by atoms with E-state index in [0.717, 1.165) is 0 Å². The van der Waals surface area contributed by atoms with Crippen molar-refractivity contribution >= 4 is 45.0 Å². The van der Waals surface area contributed by atoms with Crippen molar-refractivity contribution in [3.63, 3.8) is 0 Å². The van der Waals surface area contributed by atoms with Crippen molar-refractivity contribution in [1.29, 1.82) is 0 Å². The minimum atomic E-state index is -3.74. The summed E-state index contributed by atoms with van der Waals surface area (Å²) in [5.74, 6) is 0.354. The van der Waals surface area contributed by atoms with Crippen LogP contribution in [0.4, 0.5) is 10.5 Å². The van der Waals surface area contributed by atoms with Crippen LogP contribution in [0.2, 0.25) is 10.0 Å². The molecule has 0 saturated carbocycles. The third-order valence-corrected chi connectivity index (χ3v) is 6.01. The number of nitrogens with one attached hydrogen (secondary N) is 1. The van der Waals surface area contributed by atoms with Gasteiger partial charge in [-0.2, -0.15) is 8.42 Å². The number of ether oxygens (including phenoxy) is 1. The summed E-state index contributed by atoms with van der Waals surface area (Å²) >= 11 is 12.3. The Morgan fingerprint density at radius 2 is 1.77 bits per heavy atom. The minimum Gasteiger partial charge on any atom is -0.493 e. The number of carbonyl (C=O) groups excluding carboxylic acids is 1. The Hall–Kier alpha value is -2.16. The molecule has 0 aliphatic rings. The SMILES string of the molecule is CCS(=O)(=O)Oc1cc(CN(CC(C)C)C(=O)Nc2c(Cl)cccc2Cl)ccc1OC. The molecular weight excluding hydrogens is 463 g/mol. The summed E-state index contributed by atoms with van der Waals surface area (Å²) in [5.41, 5.74) is 1.00. The van der Waals surface area contributed by atoms with Gasteiger partial charge in [0.2, 0.25) is 0 Å². The summed E-state index contributed by atoms with van der Waals surface area (Å²) in [5, 5.41) is 3.42. The zero-order valence-corrected chi connectivity index (χ0v) is 20.1. The van der Waals surface area contributed by atoms with Gasteiger partial charge in [0.1, 0.15) is 0 Å². The fourth-order valence-electron chi connectivity index (χ4n) is 2.76. The molecule has 10 heteroatoms. The molecule has 0 spiro atoms. The molecule has 0 radical (unpaired) electrons. The number of hydrogen-bond acceptors (Lipinski definition) is 5. The number of para-hydroxylation sites is 1. The monoisotopic (exact) mass is 488 g/mol. The van der Waals surface area contributed by atoms with Crippen molar-refractivity contribution in [2.75, 3.05) is 24.7 Å². The lowest BCUT2D eigenvalue weighted by Crippen LogP contribution is -2.37. The third-order valence-electron chi connectivity index (χ3n) is 4.24. The lowest BCUT2D eigenvalue weighted by molar-refractivity contribution is 0.201. The standard InChI is InChI=1S/C21H26Cl2N2O5S/c1-5-31(27,28)30-19-11-15(9-10-18(19)29-4)13-25(12-14(2)3)21(26)24-20-16(22)7-6-8-17(20)23/h6-11,14H,5,12-13H2,1-4H3,(H,24,26). The number of urea groups is 1. The smallest absolute Gasteiger partial charge is 0.322 e. The largest absolute Gasteiger partial charge is 0.493 e. The topological polar surface area (TPSA) is 84.9 Å². The van der Waals surface area contributed by atoms with Gasteiger partial charge in [-0.15, -0.1) is 0 Å². The zero-order valence-electron chi connectivity index (χ0n) is 17.8. The van der Waals surface area contributed by atoms with E-state index in [1.165, 1.54) is 14.0 Å². The van der Waals surface area contributed by atoms with Crippen LogP contribution in [0.25, 0.3) is 0 Å². The molecule has 0 heterocycles. The number of benzene rings is 2. The number of anilines is 1. The molecule has 0 aliphatic carbocycles. The molecule has 2 aromatic carbocycles. The number of amides is 2. The summed E-state index contributed by atoms with van der Waals surface area (Å²) in [6.45, 7) is 6.11. The summed E-state index contributed by atoms with van der Waals surface area (Å²) in [6.07, 6.45) is 0. The van der Waals surface area contributed by atoms with Crippen molar-refractivity contribution in [1.82, 2.24) is 4.90 Å². The predicted octanol–water partition coefficient (Wildman–Crippen LogP) is 5.42. The molecule has 31 heavy (non-hydrogen) atoms. The first-order valence-electron chi connectivity index (χ1n) is 9.65. The molecular formula is C21H26Cl2N2O5S. The molecule has 0 atom stereocenters. The number of nitrogens with zero attached hydrogens (tertiary/aromatic N) is 1. The first kappa shape index (κ1) is 25.1. The highest BCUT2D eigenvalue weighted by molar-refractivity contribution is 7.87. The van der Waals surface area contributed by atoms with Crippen LogP contribution < -0.4 is 14.2 Å². The van der Waals surface area contributed by atoms with Crippen LogP contribution in [0.1, 0.15) is 26.3 Å². The molecule has 2 rings (SSSR count). The molecule has 0 saturated heterocycles. The maximum atomic E-state index is 13.0. The number of rotatable bonds is 9. The van der Waals surface area contributed by atoms with Crippen molar-refractivity contribution in [3.8, 4) is 11.5 Å². The van der Waals surface area contributed by atoms with Crippen LogP contribution in [-0.4, -0.2) is 38.8 Å². The third kappa shape index (κ3) is 7.19. The van der Waals surface area contributed by atoms with Crippen LogP contribution in [0.3, 0.4) is 0 Å². The van der Waals surface area contributed by atoms with Gasteiger partial charge in [-0.25, -0.2) is 4.79 Å². The average Bonchev–Trinajstić information content (AvgIpc) is 2.70. The zero-order chi connectivity index (χ0) is 23.2. The maximum absolute atomic E-state index is 13.0. The number of carbonyl (C=O) groups is 1. The molecule has 2 amide bonds. The fourth-order valence-corrected chi connectivity index (χ4v) is 3.78. The van der Waals surface area contributed by atoms with E-state index in [1.54, 1.807) is 41.3 Å². The van der Waals surface area contributed by atoms with E-state index >= 15 is 0 Å². The summed E-state index contributed by atoms with van der Waals surface area (Å²) < 4.78 is 34.2. The minimum absolute atomic E-state index is 0.0703. The number of halogens is 2. The van der Waals surface area contributed by atoms with Gasteiger partial charge in [-0.05, 0) is 42.7 Å². The van der Waals surface area contributed by atoms with E-state index < -0.39 is 10.1 Å². The van der Waals surface area contributed by atoms with E-state index in [1.807, 2.05) is 13.8 Å². The van der Waals surface area contributed by atoms with E-state index in [-0.39, 0.29) is 35.7 Å². The predicted molar refractivity (Wildman–Crippen MR) is 124 cm³/mol. The lowest BCUT2D eigenvalue weighted by atomic mass is 10.1. The summed E-state index contributed by atoms with van der Waals surface area (Å²) in [7, 11) is -2.32. The van der Waals surface area contributed by atoms with E-state index in [0.29, 0.717) is 27.8 Å². The van der Waals surface area contributed by atoms with Crippen LogP contribution in [0.15, 0.2) is 36.4 Å². The van der Waals surface area contributed by atoms with Crippen molar-refractivity contribution in [3.05, 3.63) is 52.0 Å². The van der Waals surface area contributed by atoms with Gasteiger partial charge in [0.05, 0.1) is 28.6 Å². The van der Waals surface area contributed by atoms with E-state index in [2.05, 4.69) is 5.32 Å². The highest BCUT2D eigenvalue weighted by atomic mass is 35.5. The highest BCUT2D eigenvalue weighted by Crippen LogP contribution is 2.32. The second-order valence-electron chi connectivity index (χ2n) is 7.22. The second-order valence-corrected chi connectivity index (χ2v) is 9.89. The van der Waals surface area contributed by atoms with Gasteiger partial charge in [0.15, 0.2) is 11.5 Å². The van der Waals surface area contributed by atoms with E-state index in [9.17, 15) is 13.2 Å².